The van der Waals surface area contributed by atoms with E-state index in [9.17, 15) is 24.0 Å². The first kappa shape index (κ1) is 32.8. The van der Waals surface area contributed by atoms with Crippen LogP contribution in [0.1, 0.15) is 49.8 Å². The summed E-state index contributed by atoms with van der Waals surface area (Å²) in [5.74, 6) is -4.37. The minimum absolute atomic E-state index is 0.0707. The first-order valence-electron chi connectivity index (χ1n) is 14.7. The van der Waals surface area contributed by atoms with Crippen LogP contribution in [0.3, 0.4) is 0 Å². The molecule has 1 saturated heterocycles. The van der Waals surface area contributed by atoms with E-state index in [0.717, 1.165) is 4.57 Å². The Morgan fingerprint density at radius 2 is 1.23 bits per heavy atom. The van der Waals surface area contributed by atoms with Gasteiger partial charge in [-0.1, -0.05) is 54.6 Å². The number of hydrogen-bond donors (Lipinski definition) is 0. The van der Waals surface area contributed by atoms with Gasteiger partial charge in [-0.2, -0.15) is 0 Å². The van der Waals surface area contributed by atoms with Crippen LogP contribution in [0.25, 0.3) is 0 Å². The fourth-order valence-corrected chi connectivity index (χ4v) is 4.95. The highest BCUT2D eigenvalue weighted by molar-refractivity contribution is 5.91. The van der Waals surface area contributed by atoms with Crippen LogP contribution in [-0.2, 0) is 34.9 Å². The number of hydrogen-bond acceptors (Lipinski definition) is 10. The number of benzene rings is 3. The zero-order valence-electron chi connectivity index (χ0n) is 25.2. The predicted molar refractivity (Wildman–Crippen MR) is 163 cm³/mol. The molecule has 4 atom stereocenters. The highest BCUT2D eigenvalue weighted by atomic mass is 19.1. The number of carbonyl (C=O) groups is 4. The Morgan fingerprint density at radius 3 is 1.77 bits per heavy atom. The predicted octanol–water partition coefficient (Wildman–Crippen LogP) is 4.30. The second kappa shape index (κ2) is 15.1. The number of nitrogens with zero attached hydrogens (tertiary/aromatic N) is 1. The third kappa shape index (κ3) is 7.79. The molecule has 11 nitrogen and oxygen atoms in total. The van der Waals surface area contributed by atoms with Crippen molar-refractivity contribution in [3.63, 3.8) is 0 Å². The highest BCUT2D eigenvalue weighted by Crippen LogP contribution is 2.35. The number of halogens is 1. The lowest BCUT2D eigenvalue weighted by Crippen LogP contribution is -2.42. The number of carbonyl (C=O) groups excluding carboxylic acids is 4. The standard InChI is InChI=1S/C35H30FNO10/c1-2-43-27(38)20-25-18-19-37(31(39)28(25)36)32-30(47-35(42)24-16-10-5-11-17-24)29(46-34(41)23-14-8-4-9-15-23)26(45-32)21-44-33(40)22-12-6-3-7-13-22/h3-19,26,29-30,32H,2,20-21H2,1H3/t26-,29-,30-,32-/m1/s1. The van der Waals surface area contributed by atoms with E-state index in [2.05, 4.69) is 0 Å². The summed E-state index contributed by atoms with van der Waals surface area (Å²) in [6.07, 6.45) is -5.11. The van der Waals surface area contributed by atoms with Gasteiger partial charge in [-0.05, 0) is 49.4 Å². The molecule has 47 heavy (non-hydrogen) atoms. The van der Waals surface area contributed by atoms with Gasteiger partial charge in [0.1, 0.15) is 12.7 Å². The van der Waals surface area contributed by atoms with Crippen molar-refractivity contribution in [3.05, 3.63) is 142 Å². The van der Waals surface area contributed by atoms with Crippen molar-refractivity contribution in [2.24, 2.45) is 0 Å². The second-order valence-corrected chi connectivity index (χ2v) is 10.4. The maximum Gasteiger partial charge on any atom is 0.338 e. The summed E-state index contributed by atoms with van der Waals surface area (Å²) < 4.78 is 44.3. The number of rotatable bonds is 11. The van der Waals surface area contributed by atoms with Crippen molar-refractivity contribution in [3.8, 4) is 0 Å². The van der Waals surface area contributed by atoms with Gasteiger partial charge in [0.25, 0.3) is 5.56 Å². The Bertz CT molecular complexity index is 1780. The Hall–Kier alpha value is -5.62. The van der Waals surface area contributed by atoms with Crippen molar-refractivity contribution in [1.82, 2.24) is 4.57 Å². The SMILES string of the molecule is CCOC(=O)Cc1ccn([C@@H]2O[C@H](COC(=O)c3ccccc3)[C@@H](OC(=O)c3ccccc3)[C@H]2OC(=O)c2ccccc2)c(=O)c1F. The lowest BCUT2D eigenvalue weighted by atomic mass is 10.1. The molecule has 1 aliphatic heterocycles. The number of esters is 4. The molecule has 0 unspecified atom stereocenters. The minimum Gasteiger partial charge on any atom is -0.466 e. The van der Waals surface area contributed by atoms with E-state index in [1.165, 1.54) is 48.7 Å². The molecule has 5 rings (SSSR count). The van der Waals surface area contributed by atoms with Gasteiger partial charge in [0, 0.05) is 11.8 Å². The van der Waals surface area contributed by atoms with Crippen LogP contribution in [0.15, 0.2) is 108 Å². The van der Waals surface area contributed by atoms with Crippen LogP contribution in [0.4, 0.5) is 4.39 Å². The quantitative estimate of drug-likeness (QED) is 0.172. The fraction of sp³-hybridized carbons (Fsp3) is 0.229. The second-order valence-electron chi connectivity index (χ2n) is 10.4. The van der Waals surface area contributed by atoms with Gasteiger partial charge in [0.05, 0.1) is 29.7 Å². The summed E-state index contributed by atoms with van der Waals surface area (Å²) in [6, 6.07) is 25.2. The zero-order valence-corrected chi connectivity index (χ0v) is 25.2. The van der Waals surface area contributed by atoms with Gasteiger partial charge in [-0.3, -0.25) is 14.2 Å². The average Bonchev–Trinajstić information content (AvgIpc) is 3.42. The van der Waals surface area contributed by atoms with Crippen molar-refractivity contribution >= 4 is 23.9 Å². The van der Waals surface area contributed by atoms with Crippen molar-refractivity contribution < 1.29 is 47.3 Å². The molecule has 0 aliphatic carbocycles. The molecule has 12 heteroatoms. The third-order valence-corrected chi connectivity index (χ3v) is 7.23. The largest absolute Gasteiger partial charge is 0.466 e. The first-order chi connectivity index (χ1) is 22.8. The van der Waals surface area contributed by atoms with E-state index in [0.29, 0.717) is 0 Å². The molecule has 0 bridgehead atoms. The zero-order chi connectivity index (χ0) is 33.3. The molecule has 0 radical (unpaired) electrons. The smallest absolute Gasteiger partial charge is 0.338 e. The molecular formula is C35H30FNO10. The minimum atomic E-state index is -1.55. The van der Waals surface area contributed by atoms with Gasteiger partial charge in [-0.15, -0.1) is 0 Å². The van der Waals surface area contributed by atoms with E-state index < -0.39 is 72.8 Å². The van der Waals surface area contributed by atoms with Crippen molar-refractivity contribution in [1.29, 1.82) is 0 Å². The van der Waals surface area contributed by atoms with Crippen LogP contribution < -0.4 is 5.56 Å². The summed E-state index contributed by atoms with van der Waals surface area (Å²) in [6.45, 7) is 1.17. The molecule has 3 aromatic carbocycles. The molecule has 2 heterocycles. The van der Waals surface area contributed by atoms with Crippen molar-refractivity contribution in [2.75, 3.05) is 13.2 Å². The molecular weight excluding hydrogens is 613 g/mol. The highest BCUT2D eigenvalue weighted by Gasteiger charge is 2.51. The Balaban J connectivity index is 1.52. The normalized spacial score (nSPS) is 18.6. The van der Waals surface area contributed by atoms with Crippen LogP contribution in [-0.4, -0.2) is 60.0 Å². The Morgan fingerprint density at radius 1 is 0.723 bits per heavy atom. The summed E-state index contributed by atoms with van der Waals surface area (Å²) in [7, 11) is 0. The topological polar surface area (TPSA) is 136 Å². The molecule has 1 fully saturated rings. The van der Waals surface area contributed by atoms with E-state index in [1.807, 2.05) is 0 Å². The van der Waals surface area contributed by atoms with Gasteiger partial charge in [0.2, 0.25) is 0 Å². The molecule has 242 valence electrons. The summed E-state index contributed by atoms with van der Waals surface area (Å²) in [5, 5.41) is 0. The monoisotopic (exact) mass is 643 g/mol. The number of aromatic nitrogens is 1. The van der Waals surface area contributed by atoms with Gasteiger partial charge >= 0.3 is 23.9 Å². The van der Waals surface area contributed by atoms with E-state index in [1.54, 1.807) is 61.5 Å². The molecule has 1 aliphatic rings. The van der Waals surface area contributed by atoms with Crippen molar-refractivity contribution in [2.45, 2.75) is 37.9 Å². The van der Waals surface area contributed by atoms with Crippen LogP contribution in [0.5, 0.6) is 0 Å². The molecule has 0 spiro atoms. The van der Waals surface area contributed by atoms with Crippen LogP contribution in [0, 0.1) is 5.82 Å². The average molecular weight is 644 g/mol. The Kier molecular flexibility index (Phi) is 10.5. The Labute approximate surface area is 268 Å². The van der Waals surface area contributed by atoms with Gasteiger partial charge < -0.3 is 23.7 Å². The van der Waals surface area contributed by atoms with Crippen LogP contribution in [0.2, 0.25) is 0 Å². The van der Waals surface area contributed by atoms with Gasteiger partial charge in [-0.25, -0.2) is 18.8 Å². The molecule has 0 N–H and O–H groups in total. The lowest BCUT2D eigenvalue weighted by Gasteiger charge is -2.25. The summed E-state index contributed by atoms with van der Waals surface area (Å²) in [4.78, 5) is 64.7. The maximum atomic E-state index is 15.4. The summed E-state index contributed by atoms with van der Waals surface area (Å²) >= 11 is 0. The number of ether oxygens (including phenoxy) is 5. The first-order valence-corrected chi connectivity index (χ1v) is 14.7. The van der Waals surface area contributed by atoms with Gasteiger partial charge in [0.15, 0.2) is 24.3 Å². The molecule has 1 aromatic heterocycles. The number of pyridine rings is 1. The van der Waals surface area contributed by atoms with E-state index >= 15 is 4.39 Å². The maximum absolute atomic E-state index is 15.4. The molecule has 0 saturated carbocycles. The van der Waals surface area contributed by atoms with E-state index in [-0.39, 0.29) is 28.9 Å². The molecule has 0 amide bonds. The van der Waals surface area contributed by atoms with E-state index in [4.69, 9.17) is 23.7 Å². The third-order valence-electron chi connectivity index (χ3n) is 7.23. The molecule has 4 aromatic rings. The summed E-state index contributed by atoms with van der Waals surface area (Å²) in [5.41, 5.74) is -0.881. The fourth-order valence-electron chi connectivity index (χ4n) is 4.95. The lowest BCUT2D eigenvalue weighted by molar-refractivity contribution is -0.142. The van der Waals surface area contributed by atoms with Crippen LogP contribution >= 0.6 is 0 Å².